The highest BCUT2D eigenvalue weighted by atomic mass is 16.6. The smallest absolute Gasteiger partial charge is 0.269 e. The molecule has 0 heterocycles. The molecule has 1 fully saturated rings. The Morgan fingerprint density at radius 3 is 2.61 bits per heavy atom. The zero-order chi connectivity index (χ0) is 16.5. The van der Waals surface area contributed by atoms with E-state index >= 15 is 0 Å². The highest BCUT2D eigenvalue weighted by molar-refractivity contribution is 5.80. The summed E-state index contributed by atoms with van der Waals surface area (Å²) in [7, 11) is 0. The SMILES string of the molecule is C=CCNC(=NCc1ccc([N+](=O)[O-])cc1)NC1CCCCC1. The lowest BCUT2D eigenvalue weighted by Gasteiger charge is -2.24. The molecule has 0 amide bonds. The van der Waals surface area contributed by atoms with E-state index in [4.69, 9.17) is 0 Å². The van der Waals surface area contributed by atoms with E-state index in [9.17, 15) is 10.1 Å². The van der Waals surface area contributed by atoms with E-state index < -0.39 is 4.92 Å². The maximum atomic E-state index is 10.7. The zero-order valence-corrected chi connectivity index (χ0v) is 13.3. The molecule has 1 aromatic carbocycles. The molecule has 1 aliphatic carbocycles. The second kappa shape index (κ2) is 8.92. The van der Waals surface area contributed by atoms with Crippen LogP contribution in [0.3, 0.4) is 0 Å². The fourth-order valence-electron chi connectivity index (χ4n) is 2.66. The molecule has 0 bridgehead atoms. The van der Waals surface area contributed by atoms with E-state index in [1.54, 1.807) is 18.2 Å². The summed E-state index contributed by atoms with van der Waals surface area (Å²) in [5.74, 6) is 0.773. The average molecular weight is 316 g/mol. The first-order valence-corrected chi connectivity index (χ1v) is 8.08. The summed E-state index contributed by atoms with van der Waals surface area (Å²) in [6.45, 7) is 4.85. The molecule has 0 radical (unpaired) electrons. The van der Waals surface area contributed by atoms with Gasteiger partial charge in [-0.2, -0.15) is 0 Å². The van der Waals surface area contributed by atoms with Crippen LogP contribution in [0.1, 0.15) is 37.7 Å². The van der Waals surface area contributed by atoms with Gasteiger partial charge in [0.2, 0.25) is 0 Å². The first kappa shape index (κ1) is 17.0. The van der Waals surface area contributed by atoms with Gasteiger partial charge in [0, 0.05) is 24.7 Å². The van der Waals surface area contributed by atoms with Gasteiger partial charge >= 0.3 is 0 Å². The van der Waals surface area contributed by atoms with Crippen LogP contribution in [0.5, 0.6) is 0 Å². The normalized spacial score (nSPS) is 15.9. The molecule has 0 atom stereocenters. The summed E-state index contributed by atoms with van der Waals surface area (Å²) in [5, 5.41) is 17.4. The summed E-state index contributed by atoms with van der Waals surface area (Å²) in [4.78, 5) is 14.8. The number of rotatable bonds is 6. The molecule has 6 nitrogen and oxygen atoms in total. The Morgan fingerprint density at radius 1 is 1.30 bits per heavy atom. The van der Waals surface area contributed by atoms with Crippen LogP contribution in [-0.4, -0.2) is 23.5 Å². The van der Waals surface area contributed by atoms with Gasteiger partial charge in [-0.1, -0.05) is 37.5 Å². The molecule has 1 saturated carbocycles. The third-order valence-corrected chi connectivity index (χ3v) is 3.93. The zero-order valence-electron chi connectivity index (χ0n) is 13.3. The fourth-order valence-corrected chi connectivity index (χ4v) is 2.66. The standard InChI is InChI=1S/C17H24N4O2/c1-2-12-18-17(20-15-6-4-3-5-7-15)19-13-14-8-10-16(11-9-14)21(22)23/h2,8-11,15H,1,3-7,12-13H2,(H2,18,19,20). The summed E-state index contributed by atoms with van der Waals surface area (Å²) < 4.78 is 0. The van der Waals surface area contributed by atoms with E-state index in [0.717, 1.165) is 11.5 Å². The number of nitro benzene ring substituents is 1. The monoisotopic (exact) mass is 316 g/mol. The van der Waals surface area contributed by atoms with E-state index in [1.807, 2.05) is 0 Å². The molecular weight excluding hydrogens is 292 g/mol. The van der Waals surface area contributed by atoms with Gasteiger partial charge in [0.25, 0.3) is 5.69 Å². The third kappa shape index (κ3) is 5.73. The van der Waals surface area contributed by atoms with Gasteiger partial charge in [-0.05, 0) is 18.4 Å². The molecule has 2 N–H and O–H groups in total. The maximum absolute atomic E-state index is 10.7. The molecule has 0 aliphatic heterocycles. The lowest BCUT2D eigenvalue weighted by atomic mass is 9.96. The molecule has 23 heavy (non-hydrogen) atoms. The molecule has 6 heteroatoms. The van der Waals surface area contributed by atoms with E-state index in [0.29, 0.717) is 19.1 Å². The lowest BCUT2D eigenvalue weighted by Crippen LogP contribution is -2.44. The Hall–Kier alpha value is -2.37. The average Bonchev–Trinajstić information content (AvgIpc) is 2.58. The van der Waals surface area contributed by atoms with Crippen molar-refractivity contribution in [2.45, 2.75) is 44.7 Å². The van der Waals surface area contributed by atoms with Crippen LogP contribution in [0, 0.1) is 10.1 Å². The van der Waals surface area contributed by atoms with E-state index in [2.05, 4.69) is 22.2 Å². The second-order valence-electron chi connectivity index (χ2n) is 5.74. The Balaban J connectivity index is 1.97. The Morgan fingerprint density at radius 2 is 2.00 bits per heavy atom. The number of non-ortho nitro benzene ring substituents is 1. The predicted octanol–water partition coefficient (Wildman–Crippen LogP) is 3.15. The van der Waals surface area contributed by atoms with Crippen molar-refractivity contribution >= 4 is 11.6 Å². The number of aliphatic imine (C=N–C) groups is 1. The summed E-state index contributed by atoms with van der Waals surface area (Å²) in [5.41, 5.74) is 1.04. The first-order chi connectivity index (χ1) is 11.2. The van der Waals surface area contributed by atoms with Gasteiger partial charge in [0.1, 0.15) is 0 Å². The van der Waals surface area contributed by atoms with Crippen LogP contribution >= 0.6 is 0 Å². The maximum Gasteiger partial charge on any atom is 0.269 e. The van der Waals surface area contributed by atoms with Gasteiger partial charge < -0.3 is 10.6 Å². The molecule has 0 unspecified atom stereocenters. The van der Waals surface area contributed by atoms with Gasteiger partial charge in [0.15, 0.2) is 5.96 Å². The van der Waals surface area contributed by atoms with Gasteiger partial charge in [-0.3, -0.25) is 10.1 Å². The third-order valence-electron chi connectivity index (χ3n) is 3.93. The highest BCUT2D eigenvalue weighted by Gasteiger charge is 2.14. The summed E-state index contributed by atoms with van der Waals surface area (Å²) >= 11 is 0. The topological polar surface area (TPSA) is 79.6 Å². The van der Waals surface area contributed by atoms with Crippen LogP contribution in [-0.2, 0) is 6.54 Å². The van der Waals surface area contributed by atoms with Crippen molar-refractivity contribution in [3.05, 3.63) is 52.6 Å². The summed E-state index contributed by atoms with van der Waals surface area (Å²) in [6, 6.07) is 6.98. The minimum absolute atomic E-state index is 0.100. The van der Waals surface area contributed by atoms with Crippen LogP contribution in [0.2, 0.25) is 0 Å². The van der Waals surface area contributed by atoms with Crippen molar-refractivity contribution in [1.29, 1.82) is 0 Å². The molecule has 1 aromatic rings. The van der Waals surface area contributed by atoms with E-state index in [-0.39, 0.29) is 5.69 Å². The number of nitrogens with one attached hydrogen (secondary N) is 2. The van der Waals surface area contributed by atoms with Crippen molar-refractivity contribution in [3.8, 4) is 0 Å². The minimum atomic E-state index is -0.394. The predicted molar refractivity (Wildman–Crippen MR) is 92.4 cm³/mol. The van der Waals surface area contributed by atoms with Crippen molar-refractivity contribution < 1.29 is 4.92 Å². The highest BCUT2D eigenvalue weighted by Crippen LogP contribution is 2.17. The van der Waals surface area contributed by atoms with Crippen molar-refractivity contribution in [2.24, 2.45) is 4.99 Å². The molecule has 0 spiro atoms. The number of guanidine groups is 1. The number of benzene rings is 1. The molecule has 2 rings (SSSR count). The van der Waals surface area contributed by atoms with Crippen molar-refractivity contribution in [3.63, 3.8) is 0 Å². The molecular formula is C17H24N4O2. The molecule has 0 saturated heterocycles. The number of nitro groups is 1. The molecule has 1 aliphatic rings. The van der Waals surface area contributed by atoms with Gasteiger partial charge in [-0.15, -0.1) is 6.58 Å². The minimum Gasteiger partial charge on any atom is -0.354 e. The molecule has 124 valence electrons. The van der Waals surface area contributed by atoms with Gasteiger partial charge in [0.05, 0.1) is 11.5 Å². The van der Waals surface area contributed by atoms with E-state index in [1.165, 1.54) is 44.2 Å². The first-order valence-electron chi connectivity index (χ1n) is 8.08. The quantitative estimate of drug-likeness (QED) is 0.278. The Bertz CT molecular complexity index is 548. The Kier molecular flexibility index (Phi) is 6.59. The van der Waals surface area contributed by atoms with Gasteiger partial charge in [-0.25, -0.2) is 4.99 Å². The largest absolute Gasteiger partial charge is 0.354 e. The number of hydrogen-bond acceptors (Lipinski definition) is 3. The lowest BCUT2D eigenvalue weighted by molar-refractivity contribution is -0.384. The van der Waals surface area contributed by atoms with Crippen molar-refractivity contribution in [2.75, 3.05) is 6.54 Å². The summed E-state index contributed by atoms with van der Waals surface area (Å²) in [6.07, 6.45) is 7.97. The second-order valence-corrected chi connectivity index (χ2v) is 5.74. The molecule has 0 aromatic heterocycles. The van der Waals surface area contributed by atoms with Crippen LogP contribution in [0.15, 0.2) is 41.9 Å². The Labute approximate surface area is 136 Å². The number of nitrogens with zero attached hydrogens (tertiary/aromatic N) is 2. The van der Waals surface area contributed by atoms with Crippen LogP contribution in [0.4, 0.5) is 5.69 Å². The van der Waals surface area contributed by atoms with Crippen LogP contribution < -0.4 is 10.6 Å². The van der Waals surface area contributed by atoms with Crippen LogP contribution in [0.25, 0.3) is 0 Å². The number of hydrogen-bond donors (Lipinski definition) is 2. The van der Waals surface area contributed by atoms with Crippen molar-refractivity contribution in [1.82, 2.24) is 10.6 Å². The fraction of sp³-hybridized carbons (Fsp3) is 0.471.